The van der Waals surface area contributed by atoms with Crippen LogP contribution in [0.25, 0.3) is 0 Å². The summed E-state index contributed by atoms with van der Waals surface area (Å²) in [4.78, 5) is 8.75. The summed E-state index contributed by atoms with van der Waals surface area (Å²) in [6.07, 6.45) is 9.97. The van der Waals surface area contributed by atoms with Crippen molar-refractivity contribution in [1.29, 1.82) is 0 Å². The summed E-state index contributed by atoms with van der Waals surface area (Å²) in [6, 6.07) is 8.96. The van der Waals surface area contributed by atoms with Crippen LogP contribution in [0.4, 0.5) is 0 Å². The third kappa shape index (κ3) is 5.27. The number of likely N-dealkylation sites (N-methyl/N-ethyl adjacent to an activating group) is 1. The van der Waals surface area contributed by atoms with Crippen LogP contribution in [0, 0.1) is 0 Å². The monoisotopic (exact) mass is 283 g/mol. The molecule has 21 heavy (non-hydrogen) atoms. The van der Waals surface area contributed by atoms with Crippen LogP contribution < -0.4 is 5.32 Å². The van der Waals surface area contributed by atoms with Gasteiger partial charge in [0.2, 0.25) is 0 Å². The molecular formula is C18H25N3. The first-order valence-electron chi connectivity index (χ1n) is 7.88. The fourth-order valence-corrected chi connectivity index (χ4v) is 2.49. The van der Waals surface area contributed by atoms with Gasteiger partial charge in [0, 0.05) is 36.7 Å². The normalized spacial score (nSPS) is 12.3. The first-order valence-corrected chi connectivity index (χ1v) is 7.88. The maximum Gasteiger partial charge on any atom is 0.0419 e. The minimum atomic E-state index is 0.468. The highest BCUT2D eigenvalue weighted by molar-refractivity contribution is 5.15. The molecule has 2 rings (SSSR count). The van der Waals surface area contributed by atoms with Gasteiger partial charge in [0.05, 0.1) is 0 Å². The van der Waals surface area contributed by atoms with Crippen LogP contribution in [0.3, 0.4) is 0 Å². The lowest BCUT2D eigenvalue weighted by Crippen LogP contribution is -2.31. The summed E-state index contributed by atoms with van der Waals surface area (Å²) in [5.74, 6) is 0. The van der Waals surface area contributed by atoms with Gasteiger partial charge in [-0.25, -0.2) is 0 Å². The first kappa shape index (κ1) is 15.6. The van der Waals surface area contributed by atoms with E-state index >= 15 is 0 Å². The SMILES string of the molecule is CCNC(CCc1cccnc1)Cc1ccc(CC)cn1. The van der Waals surface area contributed by atoms with Crippen LogP contribution in [0.15, 0.2) is 42.9 Å². The van der Waals surface area contributed by atoms with Crippen LogP contribution in [-0.4, -0.2) is 22.6 Å². The molecule has 0 saturated heterocycles. The number of hydrogen-bond acceptors (Lipinski definition) is 3. The number of aryl methyl sites for hydroxylation is 2. The Morgan fingerprint density at radius 2 is 2.00 bits per heavy atom. The van der Waals surface area contributed by atoms with Crippen LogP contribution in [0.2, 0.25) is 0 Å². The van der Waals surface area contributed by atoms with E-state index in [2.05, 4.69) is 47.3 Å². The average molecular weight is 283 g/mol. The van der Waals surface area contributed by atoms with Crippen molar-refractivity contribution >= 4 is 0 Å². The molecule has 0 aliphatic carbocycles. The van der Waals surface area contributed by atoms with E-state index in [9.17, 15) is 0 Å². The van der Waals surface area contributed by atoms with E-state index in [0.717, 1.165) is 32.2 Å². The first-order chi connectivity index (χ1) is 10.3. The van der Waals surface area contributed by atoms with Crippen molar-refractivity contribution in [3.8, 4) is 0 Å². The highest BCUT2D eigenvalue weighted by atomic mass is 14.9. The van der Waals surface area contributed by atoms with E-state index in [1.165, 1.54) is 16.8 Å². The molecule has 1 unspecified atom stereocenters. The minimum Gasteiger partial charge on any atom is -0.314 e. The van der Waals surface area contributed by atoms with E-state index in [0.29, 0.717) is 6.04 Å². The van der Waals surface area contributed by atoms with Gasteiger partial charge in [-0.1, -0.05) is 26.0 Å². The highest BCUT2D eigenvalue weighted by Gasteiger charge is 2.09. The Morgan fingerprint density at radius 1 is 1.10 bits per heavy atom. The number of nitrogens with one attached hydrogen (secondary N) is 1. The highest BCUT2D eigenvalue weighted by Crippen LogP contribution is 2.09. The molecule has 3 heteroatoms. The smallest absolute Gasteiger partial charge is 0.0419 e. The maximum absolute atomic E-state index is 4.57. The summed E-state index contributed by atoms with van der Waals surface area (Å²) in [5, 5.41) is 3.57. The molecule has 1 atom stereocenters. The van der Waals surface area contributed by atoms with E-state index in [1.54, 1.807) is 0 Å². The van der Waals surface area contributed by atoms with Crippen molar-refractivity contribution < 1.29 is 0 Å². The Hall–Kier alpha value is -1.74. The Kier molecular flexibility index (Phi) is 6.35. The van der Waals surface area contributed by atoms with Gasteiger partial charge < -0.3 is 5.32 Å². The molecule has 112 valence electrons. The van der Waals surface area contributed by atoms with E-state index in [-0.39, 0.29) is 0 Å². The van der Waals surface area contributed by atoms with Gasteiger partial charge in [-0.2, -0.15) is 0 Å². The summed E-state index contributed by atoms with van der Waals surface area (Å²) in [5.41, 5.74) is 3.77. The van der Waals surface area contributed by atoms with E-state index < -0.39 is 0 Å². The fourth-order valence-electron chi connectivity index (χ4n) is 2.49. The molecule has 0 spiro atoms. The quantitative estimate of drug-likeness (QED) is 0.808. The molecule has 0 aromatic carbocycles. The number of aromatic nitrogens is 2. The molecule has 0 fully saturated rings. The lowest BCUT2D eigenvalue weighted by atomic mass is 10.0. The third-order valence-electron chi connectivity index (χ3n) is 3.75. The van der Waals surface area contributed by atoms with E-state index in [1.807, 2.05) is 24.7 Å². The van der Waals surface area contributed by atoms with Crippen LogP contribution in [-0.2, 0) is 19.3 Å². The minimum absolute atomic E-state index is 0.468. The predicted octanol–water partition coefficient (Wildman–Crippen LogP) is 3.19. The molecule has 3 nitrogen and oxygen atoms in total. The predicted molar refractivity (Wildman–Crippen MR) is 87.3 cm³/mol. The summed E-state index contributed by atoms with van der Waals surface area (Å²) in [7, 11) is 0. The molecule has 0 bridgehead atoms. The maximum atomic E-state index is 4.57. The number of rotatable bonds is 8. The molecule has 2 aromatic rings. The number of hydrogen-bond donors (Lipinski definition) is 1. The van der Waals surface area contributed by atoms with E-state index in [4.69, 9.17) is 0 Å². The Balaban J connectivity index is 1.91. The summed E-state index contributed by atoms with van der Waals surface area (Å²) in [6.45, 7) is 5.31. The van der Waals surface area contributed by atoms with Gasteiger partial charge in [-0.15, -0.1) is 0 Å². The number of nitrogens with zero attached hydrogens (tertiary/aromatic N) is 2. The van der Waals surface area contributed by atoms with Gasteiger partial charge in [-0.3, -0.25) is 9.97 Å². The average Bonchev–Trinajstić information content (AvgIpc) is 2.54. The van der Waals surface area contributed by atoms with Gasteiger partial charge >= 0.3 is 0 Å². The van der Waals surface area contributed by atoms with Crippen molar-refractivity contribution in [2.45, 2.75) is 45.6 Å². The molecule has 2 aromatic heterocycles. The molecule has 0 radical (unpaired) electrons. The van der Waals surface area contributed by atoms with Crippen molar-refractivity contribution in [2.75, 3.05) is 6.54 Å². The Labute approximate surface area is 127 Å². The Bertz CT molecular complexity index is 508. The standard InChI is InChI=1S/C18H25N3/c1-3-15-7-9-18(21-14-15)12-17(20-4-2)10-8-16-6-5-11-19-13-16/h5-7,9,11,13-14,17,20H,3-4,8,10,12H2,1-2H3. The molecule has 0 saturated carbocycles. The largest absolute Gasteiger partial charge is 0.314 e. The molecule has 1 N–H and O–H groups in total. The zero-order chi connectivity index (χ0) is 14.9. The molecule has 0 amide bonds. The van der Waals surface area contributed by atoms with Crippen molar-refractivity contribution in [3.05, 3.63) is 59.7 Å². The van der Waals surface area contributed by atoms with Gasteiger partial charge in [0.15, 0.2) is 0 Å². The van der Waals surface area contributed by atoms with Crippen molar-refractivity contribution in [1.82, 2.24) is 15.3 Å². The van der Waals surface area contributed by atoms with Gasteiger partial charge in [0.1, 0.15) is 0 Å². The number of pyridine rings is 2. The zero-order valence-corrected chi connectivity index (χ0v) is 13.0. The lowest BCUT2D eigenvalue weighted by molar-refractivity contribution is 0.486. The topological polar surface area (TPSA) is 37.8 Å². The fraction of sp³-hybridized carbons (Fsp3) is 0.444. The molecule has 0 aliphatic rings. The van der Waals surface area contributed by atoms with Crippen LogP contribution in [0.5, 0.6) is 0 Å². The van der Waals surface area contributed by atoms with Crippen LogP contribution >= 0.6 is 0 Å². The lowest BCUT2D eigenvalue weighted by Gasteiger charge is -2.17. The summed E-state index contributed by atoms with van der Waals surface area (Å²) >= 11 is 0. The second kappa shape index (κ2) is 8.53. The van der Waals surface area contributed by atoms with Gasteiger partial charge in [-0.05, 0) is 49.1 Å². The summed E-state index contributed by atoms with van der Waals surface area (Å²) < 4.78 is 0. The third-order valence-corrected chi connectivity index (χ3v) is 3.75. The van der Waals surface area contributed by atoms with Crippen molar-refractivity contribution in [2.24, 2.45) is 0 Å². The molecule has 2 heterocycles. The second-order valence-corrected chi connectivity index (χ2v) is 5.37. The van der Waals surface area contributed by atoms with Crippen molar-refractivity contribution in [3.63, 3.8) is 0 Å². The second-order valence-electron chi connectivity index (χ2n) is 5.37. The van der Waals surface area contributed by atoms with Crippen LogP contribution in [0.1, 0.15) is 37.1 Å². The van der Waals surface area contributed by atoms with Gasteiger partial charge in [0.25, 0.3) is 0 Å². The molecular weight excluding hydrogens is 258 g/mol. The zero-order valence-electron chi connectivity index (χ0n) is 13.0. The molecule has 0 aliphatic heterocycles. The Morgan fingerprint density at radius 3 is 2.62 bits per heavy atom.